The molecule has 0 amide bonds. The van der Waals surface area contributed by atoms with Crippen LogP contribution in [0.15, 0.2) is 0 Å². The molecule has 1 rings (SSSR count). The minimum atomic E-state index is -0.149. The first-order valence-electron chi connectivity index (χ1n) is 3.64. The van der Waals surface area contributed by atoms with E-state index in [9.17, 15) is 10.2 Å². The van der Waals surface area contributed by atoms with Crippen LogP contribution in [0.2, 0.25) is 0 Å². The summed E-state index contributed by atoms with van der Waals surface area (Å²) in [6.07, 6.45) is 0. The Bertz CT molecular complexity index is 299. The Morgan fingerprint density at radius 2 is 1.75 bits per heavy atom. The molecule has 0 aromatic carbocycles. The number of H-pyrrole nitrogens is 1. The smallest absolute Gasteiger partial charge is 0.233 e. The quantitative estimate of drug-likeness (QED) is 0.639. The Kier molecular flexibility index (Phi) is 2.29. The zero-order chi connectivity index (χ0) is 9.52. The minimum absolute atomic E-state index is 0.0551. The number of rotatable bonds is 0. The van der Waals surface area contributed by atoms with Crippen molar-refractivity contribution in [2.45, 2.75) is 26.2 Å². The van der Waals surface area contributed by atoms with Crippen molar-refractivity contribution in [2.24, 2.45) is 0 Å². The summed E-state index contributed by atoms with van der Waals surface area (Å²) in [5, 5.41) is 18.5. The summed E-state index contributed by atoms with van der Waals surface area (Å²) in [5.74, 6) is -0.204. The van der Waals surface area contributed by atoms with Gasteiger partial charge in [0.05, 0.1) is 3.57 Å². The molecule has 68 valence electrons. The third-order valence-electron chi connectivity index (χ3n) is 1.65. The van der Waals surface area contributed by atoms with Crippen molar-refractivity contribution in [3.63, 3.8) is 0 Å². The first-order valence-corrected chi connectivity index (χ1v) is 4.71. The molecule has 0 bridgehead atoms. The molecule has 0 aliphatic rings. The molecule has 4 heteroatoms. The number of aromatic amines is 1. The molecule has 0 aliphatic carbocycles. The van der Waals surface area contributed by atoms with Gasteiger partial charge in [-0.25, -0.2) is 0 Å². The van der Waals surface area contributed by atoms with E-state index >= 15 is 0 Å². The molecule has 0 aliphatic heterocycles. The highest BCUT2D eigenvalue weighted by molar-refractivity contribution is 14.1. The zero-order valence-corrected chi connectivity index (χ0v) is 9.43. The Balaban J connectivity index is 3.28. The summed E-state index contributed by atoms with van der Waals surface area (Å²) in [6.45, 7) is 6.04. The molecule has 0 spiro atoms. The zero-order valence-electron chi connectivity index (χ0n) is 7.27. The van der Waals surface area contributed by atoms with E-state index in [4.69, 9.17) is 0 Å². The predicted molar refractivity (Wildman–Crippen MR) is 55.5 cm³/mol. The van der Waals surface area contributed by atoms with Gasteiger partial charge in [-0.1, -0.05) is 20.8 Å². The average Bonchev–Trinajstić information content (AvgIpc) is 2.15. The Hall–Kier alpha value is -0.390. The fraction of sp³-hybridized carbons (Fsp3) is 0.500. The van der Waals surface area contributed by atoms with Crippen LogP contribution in [0.25, 0.3) is 0 Å². The van der Waals surface area contributed by atoms with E-state index in [1.165, 1.54) is 0 Å². The molecule has 1 aromatic rings. The van der Waals surface area contributed by atoms with Crippen molar-refractivity contribution in [1.82, 2.24) is 4.98 Å². The average molecular weight is 281 g/mol. The number of halogens is 1. The highest BCUT2D eigenvalue weighted by Gasteiger charge is 2.23. The second-order valence-corrected chi connectivity index (χ2v) is 4.84. The molecule has 0 saturated heterocycles. The van der Waals surface area contributed by atoms with Gasteiger partial charge in [-0.2, -0.15) is 0 Å². The molecule has 1 aromatic heterocycles. The van der Waals surface area contributed by atoms with Crippen LogP contribution in [-0.4, -0.2) is 15.2 Å². The summed E-state index contributed by atoms with van der Waals surface area (Å²) < 4.78 is 0.692. The van der Waals surface area contributed by atoms with Crippen LogP contribution in [-0.2, 0) is 5.41 Å². The normalized spacial score (nSPS) is 12.0. The van der Waals surface area contributed by atoms with E-state index in [0.717, 1.165) is 5.69 Å². The standard InChI is InChI=1S/C8H12INO2/c1-8(2,3)6-4(9)5(11)7(12)10-6/h10-12H,1-3H3. The van der Waals surface area contributed by atoms with Gasteiger partial charge in [-0.3, -0.25) is 0 Å². The number of hydrogen-bond acceptors (Lipinski definition) is 2. The number of nitrogens with one attached hydrogen (secondary N) is 1. The Morgan fingerprint density at radius 3 is 1.92 bits per heavy atom. The lowest BCUT2D eigenvalue weighted by atomic mass is 9.93. The molecule has 0 atom stereocenters. The van der Waals surface area contributed by atoms with Crippen LogP contribution in [0.4, 0.5) is 0 Å². The predicted octanol–water partition coefficient (Wildman–Crippen LogP) is 2.33. The van der Waals surface area contributed by atoms with Gasteiger partial charge in [0.1, 0.15) is 0 Å². The lowest BCUT2D eigenvalue weighted by Gasteiger charge is -2.16. The van der Waals surface area contributed by atoms with Crippen LogP contribution in [0.3, 0.4) is 0 Å². The maximum Gasteiger partial charge on any atom is 0.233 e. The first kappa shape index (κ1) is 9.70. The van der Waals surface area contributed by atoms with Crippen molar-refractivity contribution in [2.75, 3.05) is 0 Å². The molecular formula is C8H12INO2. The van der Waals surface area contributed by atoms with Gasteiger partial charge in [0.15, 0.2) is 5.75 Å². The third-order valence-corrected chi connectivity index (χ3v) is 2.70. The third kappa shape index (κ3) is 1.53. The summed E-state index contributed by atoms with van der Waals surface area (Å²) in [7, 11) is 0. The van der Waals surface area contributed by atoms with E-state index in [1.807, 2.05) is 43.4 Å². The van der Waals surface area contributed by atoms with Crippen molar-refractivity contribution in [1.29, 1.82) is 0 Å². The number of aromatic hydroxyl groups is 2. The van der Waals surface area contributed by atoms with Crippen molar-refractivity contribution < 1.29 is 10.2 Å². The minimum Gasteiger partial charge on any atom is -0.502 e. The molecule has 0 unspecified atom stereocenters. The van der Waals surface area contributed by atoms with Gasteiger partial charge >= 0.3 is 0 Å². The molecule has 0 radical (unpaired) electrons. The van der Waals surface area contributed by atoms with E-state index in [1.54, 1.807) is 0 Å². The lowest BCUT2D eigenvalue weighted by molar-refractivity contribution is 0.393. The van der Waals surface area contributed by atoms with Gasteiger partial charge < -0.3 is 15.2 Å². The van der Waals surface area contributed by atoms with E-state index in [2.05, 4.69) is 4.98 Å². The van der Waals surface area contributed by atoms with Crippen LogP contribution in [0, 0.1) is 3.57 Å². The fourth-order valence-corrected chi connectivity index (χ4v) is 2.17. The van der Waals surface area contributed by atoms with E-state index in [0.29, 0.717) is 3.57 Å². The molecule has 0 saturated carbocycles. The van der Waals surface area contributed by atoms with E-state index < -0.39 is 0 Å². The summed E-state index contributed by atoms with van der Waals surface area (Å²) >= 11 is 2.01. The molecule has 0 fully saturated rings. The molecule has 3 nitrogen and oxygen atoms in total. The summed E-state index contributed by atoms with van der Waals surface area (Å²) in [5.41, 5.74) is 0.771. The molecule has 3 N–H and O–H groups in total. The molecular weight excluding hydrogens is 269 g/mol. The summed E-state index contributed by atoms with van der Waals surface area (Å²) in [6, 6.07) is 0. The second-order valence-electron chi connectivity index (χ2n) is 3.76. The molecule has 1 heterocycles. The van der Waals surface area contributed by atoms with Crippen molar-refractivity contribution in [3.8, 4) is 11.6 Å². The SMILES string of the molecule is CC(C)(C)c1[nH]c(O)c(O)c1I. The van der Waals surface area contributed by atoms with Gasteiger partial charge in [-0.05, 0) is 22.6 Å². The summed E-state index contributed by atoms with van der Waals surface area (Å²) in [4.78, 5) is 2.75. The monoisotopic (exact) mass is 281 g/mol. The maximum absolute atomic E-state index is 9.30. The second kappa shape index (κ2) is 2.83. The molecule has 12 heavy (non-hydrogen) atoms. The van der Waals surface area contributed by atoms with Gasteiger partial charge in [0.2, 0.25) is 5.88 Å². The van der Waals surface area contributed by atoms with Crippen LogP contribution in [0.5, 0.6) is 11.6 Å². The van der Waals surface area contributed by atoms with Crippen molar-refractivity contribution in [3.05, 3.63) is 9.26 Å². The lowest BCUT2D eigenvalue weighted by Crippen LogP contribution is -2.12. The first-order chi connectivity index (χ1) is 5.34. The number of hydrogen-bond donors (Lipinski definition) is 3. The van der Waals surface area contributed by atoms with E-state index in [-0.39, 0.29) is 17.0 Å². The largest absolute Gasteiger partial charge is 0.502 e. The highest BCUT2D eigenvalue weighted by Crippen LogP contribution is 2.37. The Morgan fingerprint density at radius 1 is 1.25 bits per heavy atom. The number of aromatic nitrogens is 1. The van der Waals surface area contributed by atoms with Crippen LogP contribution in [0.1, 0.15) is 26.5 Å². The fourth-order valence-electron chi connectivity index (χ4n) is 0.972. The topological polar surface area (TPSA) is 56.2 Å². The van der Waals surface area contributed by atoms with Crippen molar-refractivity contribution >= 4 is 22.6 Å². The van der Waals surface area contributed by atoms with Crippen LogP contribution < -0.4 is 0 Å². The van der Waals surface area contributed by atoms with Gasteiger partial charge in [0, 0.05) is 11.1 Å². The van der Waals surface area contributed by atoms with Gasteiger partial charge in [-0.15, -0.1) is 0 Å². The maximum atomic E-state index is 9.30. The van der Waals surface area contributed by atoms with Gasteiger partial charge in [0.25, 0.3) is 0 Å². The Labute approximate surface area is 85.0 Å². The highest BCUT2D eigenvalue weighted by atomic mass is 127. The van der Waals surface area contributed by atoms with Crippen LogP contribution >= 0.6 is 22.6 Å².